The molecule has 4 nitrogen and oxygen atoms in total. The van der Waals surface area contributed by atoms with Crippen LogP contribution in [0.1, 0.15) is 10.4 Å². The third kappa shape index (κ3) is 2.60. The van der Waals surface area contributed by atoms with Crippen LogP contribution < -0.4 is 5.32 Å². The molecule has 3 rings (SSSR count). The molecular weight excluding hydrogens is 312 g/mol. The third-order valence-corrected chi connectivity index (χ3v) is 4.25. The summed E-state index contributed by atoms with van der Waals surface area (Å²) in [5.74, 6) is 0. The van der Waals surface area contributed by atoms with Gasteiger partial charge in [0, 0.05) is 51.8 Å². The summed E-state index contributed by atoms with van der Waals surface area (Å²) in [5.41, 5.74) is 2.00. The molecule has 3 aromatic rings. The number of aromatic nitrogens is 3. The standard InChI is InChI=1S/C12H11BrN4S/c13-10-3-11(18-8-10)6-14-4-9-5-15-12-1-2-16-17(12)7-9/h1-3,5,7-8,14H,4,6H2. The lowest BCUT2D eigenvalue weighted by molar-refractivity contribution is 0.692. The van der Waals surface area contributed by atoms with E-state index >= 15 is 0 Å². The van der Waals surface area contributed by atoms with Crippen LogP contribution in [0.5, 0.6) is 0 Å². The maximum Gasteiger partial charge on any atom is 0.154 e. The van der Waals surface area contributed by atoms with Gasteiger partial charge in [0.25, 0.3) is 0 Å². The van der Waals surface area contributed by atoms with Crippen LogP contribution >= 0.6 is 27.3 Å². The van der Waals surface area contributed by atoms with E-state index in [-0.39, 0.29) is 0 Å². The van der Waals surface area contributed by atoms with Crippen molar-refractivity contribution in [2.75, 3.05) is 0 Å². The molecule has 0 fully saturated rings. The van der Waals surface area contributed by atoms with Crippen molar-refractivity contribution in [2.24, 2.45) is 0 Å². The van der Waals surface area contributed by atoms with Crippen molar-refractivity contribution in [2.45, 2.75) is 13.1 Å². The second-order valence-electron chi connectivity index (χ2n) is 3.93. The average molecular weight is 323 g/mol. The Labute approximate surface area is 117 Å². The number of rotatable bonds is 4. The zero-order chi connectivity index (χ0) is 12.4. The zero-order valence-corrected chi connectivity index (χ0v) is 11.9. The van der Waals surface area contributed by atoms with E-state index in [1.165, 1.54) is 4.88 Å². The molecule has 0 bridgehead atoms. The van der Waals surface area contributed by atoms with Gasteiger partial charge in [0.05, 0.1) is 6.20 Å². The minimum Gasteiger partial charge on any atom is -0.308 e. The van der Waals surface area contributed by atoms with Crippen molar-refractivity contribution in [1.82, 2.24) is 19.9 Å². The molecule has 0 spiro atoms. The molecule has 6 heteroatoms. The number of nitrogens with zero attached hydrogens (tertiary/aromatic N) is 3. The van der Waals surface area contributed by atoms with Gasteiger partial charge in [-0.15, -0.1) is 11.3 Å². The SMILES string of the molecule is Brc1csc(CNCc2cnc3ccnn3c2)c1. The Morgan fingerprint density at radius 3 is 3.17 bits per heavy atom. The van der Waals surface area contributed by atoms with Crippen LogP contribution in [0.2, 0.25) is 0 Å². The van der Waals surface area contributed by atoms with Gasteiger partial charge in [0.2, 0.25) is 0 Å². The van der Waals surface area contributed by atoms with Crippen LogP contribution in [-0.4, -0.2) is 14.6 Å². The van der Waals surface area contributed by atoms with Gasteiger partial charge >= 0.3 is 0 Å². The fourth-order valence-electron chi connectivity index (χ4n) is 1.72. The van der Waals surface area contributed by atoms with E-state index in [1.54, 1.807) is 22.0 Å². The van der Waals surface area contributed by atoms with Gasteiger partial charge in [0.15, 0.2) is 5.65 Å². The number of nitrogens with one attached hydrogen (secondary N) is 1. The van der Waals surface area contributed by atoms with Gasteiger partial charge in [-0.05, 0) is 22.0 Å². The molecular formula is C12H11BrN4S. The molecule has 0 aliphatic carbocycles. The lowest BCUT2D eigenvalue weighted by atomic mass is 10.3. The highest BCUT2D eigenvalue weighted by Gasteiger charge is 2.00. The lowest BCUT2D eigenvalue weighted by Gasteiger charge is -2.03. The summed E-state index contributed by atoms with van der Waals surface area (Å²) in [6.45, 7) is 1.66. The fourth-order valence-corrected chi connectivity index (χ4v) is 3.14. The second-order valence-corrected chi connectivity index (χ2v) is 5.84. The van der Waals surface area contributed by atoms with Crippen molar-refractivity contribution < 1.29 is 0 Å². The first-order valence-corrected chi connectivity index (χ1v) is 7.20. The quantitative estimate of drug-likeness (QED) is 0.803. The van der Waals surface area contributed by atoms with Gasteiger partial charge < -0.3 is 5.32 Å². The Balaban J connectivity index is 1.62. The Bertz CT molecular complexity index is 661. The normalized spacial score (nSPS) is 11.2. The van der Waals surface area contributed by atoms with E-state index < -0.39 is 0 Å². The molecule has 0 aliphatic rings. The summed E-state index contributed by atoms with van der Waals surface area (Å²) >= 11 is 5.20. The molecule has 0 aromatic carbocycles. The first kappa shape index (κ1) is 11.8. The van der Waals surface area contributed by atoms with Crippen molar-refractivity contribution in [3.8, 4) is 0 Å². The van der Waals surface area contributed by atoms with E-state index in [9.17, 15) is 0 Å². The summed E-state index contributed by atoms with van der Waals surface area (Å²) in [6.07, 6.45) is 5.64. The van der Waals surface area contributed by atoms with Gasteiger partial charge in [-0.25, -0.2) is 9.50 Å². The minimum atomic E-state index is 0.790. The maximum atomic E-state index is 4.33. The van der Waals surface area contributed by atoms with Crippen molar-refractivity contribution in [1.29, 1.82) is 0 Å². The smallest absolute Gasteiger partial charge is 0.154 e. The predicted molar refractivity (Wildman–Crippen MR) is 75.5 cm³/mol. The molecule has 0 unspecified atom stereocenters. The van der Waals surface area contributed by atoms with Crippen LogP contribution in [0, 0.1) is 0 Å². The summed E-state index contributed by atoms with van der Waals surface area (Å²) < 4.78 is 2.93. The van der Waals surface area contributed by atoms with Crippen LogP contribution in [0.4, 0.5) is 0 Å². The van der Waals surface area contributed by atoms with Crippen LogP contribution in [-0.2, 0) is 13.1 Å². The highest BCUT2D eigenvalue weighted by Crippen LogP contribution is 2.19. The number of halogens is 1. The number of hydrogen-bond acceptors (Lipinski definition) is 4. The Kier molecular flexibility index (Phi) is 3.40. The Morgan fingerprint density at radius 2 is 2.33 bits per heavy atom. The molecule has 0 amide bonds. The maximum absolute atomic E-state index is 4.33. The highest BCUT2D eigenvalue weighted by atomic mass is 79.9. The average Bonchev–Trinajstić information content (AvgIpc) is 2.97. The zero-order valence-electron chi connectivity index (χ0n) is 9.51. The first-order chi connectivity index (χ1) is 8.81. The molecule has 3 aromatic heterocycles. The Morgan fingerprint density at radius 1 is 1.39 bits per heavy atom. The number of hydrogen-bond donors (Lipinski definition) is 1. The summed E-state index contributed by atoms with van der Waals surface area (Å²) in [4.78, 5) is 5.64. The van der Waals surface area contributed by atoms with Crippen molar-refractivity contribution >= 4 is 32.9 Å². The van der Waals surface area contributed by atoms with Crippen LogP contribution in [0.25, 0.3) is 5.65 Å². The van der Waals surface area contributed by atoms with Crippen LogP contribution in [0.3, 0.4) is 0 Å². The van der Waals surface area contributed by atoms with Gasteiger partial charge in [-0.2, -0.15) is 5.10 Å². The van der Waals surface area contributed by atoms with E-state index in [0.29, 0.717) is 0 Å². The summed E-state index contributed by atoms with van der Waals surface area (Å²) in [7, 11) is 0. The van der Waals surface area contributed by atoms with Crippen LogP contribution in [0.15, 0.2) is 40.6 Å². The second kappa shape index (κ2) is 5.17. The van der Waals surface area contributed by atoms with Crippen molar-refractivity contribution in [3.05, 3.63) is 51.0 Å². The first-order valence-electron chi connectivity index (χ1n) is 5.53. The monoisotopic (exact) mass is 322 g/mol. The molecule has 0 saturated heterocycles. The summed E-state index contributed by atoms with van der Waals surface area (Å²) in [6, 6.07) is 4.02. The largest absolute Gasteiger partial charge is 0.308 e. The molecule has 92 valence electrons. The van der Waals surface area contributed by atoms with Crippen molar-refractivity contribution in [3.63, 3.8) is 0 Å². The number of fused-ring (bicyclic) bond motifs is 1. The molecule has 3 heterocycles. The van der Waals surface area contributed by atoms with Gasteiger partial charge in [-0.1, -0.05) is 0 Å². The van der Waals surface area contributed by atoms with E-state index in [1.807, 2.05) is 18.5 Å². The minimum absolute atomic E-state index is 0.790. The molecule has 0 radical (unpaired) electrons. The predicted octanol–water partition coefficient (Wildman–Crippen LogP) is 2.84. The molecule has 0 atom stereocenters. The van der Waals surface area contributed by atoms with Gasteiger partial charge in [-0.3, -0.25) is 0 Å². The molecule has 1 N–H and O–H groups in total. The van der Waals surface area contributed by atoms with Gasteiger partial charge in [0.1, 0.15) is 0 Å². The lowest BCUT2D eigenvalue weighted by Crippen LogP contribution is -2.12. The highest BCUT2D eigenvalue weighted by molar-refractivity contribution is 9.10. The Hall–Kier alpha value is -1.24. The van der Waals surface area contributed by atoms with E-state index in [0.717, 1.165) is 28.8 Å². The molecule has 0 saturated carbocycles. The molecule has 18 heavy (non-hydrogen) atoms. The van der Waals surface area contributed by atoms with E-state index in [4.69, 9.17) is 0 Å². The fraction of sp³-hybridized carbons (Fsp3) is 0.167. The topological polar surface area (TPSA) is 42.2 Å². The molecule has 0 aliphatic heterocycles. The summed E-state index contributed by atoms with van der Waals surface area (Å²) in [5, 5.41) is 9.66. The van der Waals surface area contributed by atoms with E-state index in [2.05, 4.69) is 42.8 Å². The number of thiophene rings is 1. The third-order valence-electron chi connectivity index (χ3n) is 2.55.